The molecule has 0 unspecified atom stereocenters. The van der Waals surface area contributed by atoms with Gasteiger partial charge in [0.15, 0.2) is 0 Å². The molecule has 0 spiro atoms. The highest BCUT2D eigenvalue weighted by atomic mass is 15.1. The summed E-state index contributed by atoms with van der Waals surface area (Å²) in [4.78, 5) is 0. The molecule has 0 aliphatic rings. The van der Waals surface area contributed by atoms with Crippen molar-refractivity contribution in [3.8, 4) is 34.1 Å². The van der Waals surface area contributed by atoms with Gasteiger partial charge in [0.05, 0.1) is 28.5 Å². The van der Waals surface area contributed by atoms with Crippen molar-refractivity contribution >= 4 is 21.7 Å². The largest absolute Gasteiger partial charge is 0.309 e. The molecule has 0 fully saturated rings. The normalized spacial score (nSPS) is 11.0. The van der Waals surface area contributed by atoms with Crippen LogP contribution in [0.4, 0.5) is 0 Å². The van der Waals surface area contributed by atoms with Crippen LogP contribution in [0.3, 0.4) is 0 Å². The summed E-state index contributed by atoms with van der Waals surface area (Å²) in [7, 11) is 0. The van der Waals surface area contributed by atoms with Crippen LogP contribution >= 0.6 is 0 Å². The van der Waals surface area contributed by atoms with Crippen molar-refractivity contribution in [1.82, 2.24) is 4.57 Å². The molecule has 6 aromatic rings. The van der Waals surface area contributed by atoms with Crippen LogP contribution in [0.5, 0.6) is 0 Å². The standard InChI is InChI=1S/C31H20N2/c32-21-22-14-16-24(17-15-22)30-19-26-11-5-7-13-29(26)33(30)31-20-27(23-8-2-1-3-9-23)18-25-10-4-6-12-28(25)31/h1-20H/i30+1. The third kappa shape index (κ3) is 3.28. The highest BCUT2D eigenvalue weighted by molar-refractivity contribution is 5.98. The van der Waals surface area contributed by atoms with Gasteiger partial charge in [-0.1, -0.05) is 84.9 Å². The molecule has 0 aliphatic carbocycles. The van der Waals surface area contributed by atoms with E-state index in [1.165, 1.54) is 27.3 Å². The Morgan fingerprint density at radius 1 is 0.545 bits per heavy atom. The van der Waals surface area contributed by atoms with E-state index in [0.29, 0.717) is 5.56 Å². The van der Waals surface area contributed by atoms with Crippen LogP contribution in [0.15, 0.2) is 121 Å². The fourth-order valence-electron chi connectivity index (χ4n) is 4.61. The van der Waals surface area contributed by atoms with Gasteiger partial charge in [0.2, 0.25) is 0 Å². The first-order valence-corrected chi connectivity index (χ1v) is 11.0. The maximum atomic E-state index is 9.25. The predicted molar refractivity (Wildman–Crippen MR) is 136 cm³/mol. The molecule has 0 saturated heterocycles. The Balaban J connectivity index is 1.70. The summed E-state index contributed by atoms with van der Waals surface area (Å²) in [6.07, 6.45) is 0. The van der Waals surface area contributed by atoms with Crippen LogP contribution in [0.2, 0.25) is 0 Å². The lowest BCUT2D eigenvalue weighted by molar-refractivity contribution is 1.15. The Morgan fingerprint density at radius 3 is 2.03 bits per heavy atom. The molecule has 1 aromatic heterocycles. The third-order valence-electron chi connectivity index (χ3n) is 6.21. The van der Waals surface area contributed by atoms with E-state index in [1.807, 2.05) is 30.3 Å². The molecule has 0 amide bonds. The van der Waals surface area contributed by atoms with Crippen LogP contribution < -0.4 is 0 Å². The quantitative estimate of drug-likeness (QED) is 0.285. The van der Waals surface area contributed by atoms with Crippen molar-refractivity contribution in [3.05, 3.63) is 127 Å². The molecule has 0 bridgehead atoms. The number of nitrogens with zero attached hydrogens (tertiary/aromatic N) is 2. The molecule has 0 N–H and O–H groups in total. The van der Waals surface area contributed by atoms with Gasteiger partial charge in [-0.3, -0.25) is 0 Å². The SMILES string of the molecule is N#Cc1ccc(-[13c]2cc3ccccc3n2-c2cc(-c3ccccc3)cc3ccccc23)cc1. The minimum Gasteiger partial charge on any atom is -0.309 e. The van der Waals surface area contributed by atoms with Gasteiger partial charge in [0.25, 0.3) is 0 Å². The van der Waals surface area contributed by atoms with Gasteiger partial charge in [-0.25, -0.2) is 0 Å². The first kappa shape index (κ1) is 19.1. The summed E-state index contributed by atoms with van der Waals surface area (Å²) in [6, 6.07) is 44.4. The summed E-state index contributed by atoms with van der Waals surface area (Å²) in [5.41, 5.74) is 7.54. The summed E-state index contributed by atoms with van der Waals surface area (Å²) >= 11 is 0. The number of fused-ring (bicyclic) bond motifs is 2. The molecule has 0 aliphatic heterocycles. The second kappa shape index (κ2) is 7.82. The lowest BCUT2D eigenvalue weighted by Crippen LogP contribution is -1.99. The summed E-state index contributed by atoms with van der Waals surface area (Å²) in [6.45, 7) is 0. The molecule has 154 valence electrons. The predicted octanol–water partition coefficient (Wildman–Crippen LogP) is 7.99. The number of rotatable bonds is 3. The monoisotopic (exact) mass is 421 g/mol. The van der Waals surface area contributed by atoms with E-state index in [2.05, 4.69) is 102 Å². The van der Waals surface area contributed by atoms with Crippen LogP contribution in [0.1, 0.15) is 5.56 Å². The molecule has 0 atom stereocenters. The lowest BCUT2D eigenvalue weighted by atomic mass is 9.99. The fraction of sp³-hybridized carbons (Fsp3) is 0. The van der Waals surface area contributed by atoms with Gasteiger partial charge in [-0.05, 0) is 58.5 Å². The Morgan fingerprint density at radius 2 is 1.24 bits per heavy atom. The van der Waals surface area contributed by atoms with Crippen molar-refractivity contribution in [2.45, 2.75) is 0 Å². The first-order chi connectivity index (χ1) is 16.3. The molecule has 2 heteroatoms. The van der Waals surface area contributed by atoms with Gasteiger partial charge in [0, 0.05) is 10.8 Å². The van der Waals surface area contributed by atoms with Crippen molar-refractivity contribution < 1.29 is 0 Å². The highest BCUT2D eigenvalue weighted by Crippen LogP contribution is 2.37. The molecule has 1 heterocycles. The van der Waals surface area contributed by atoms with Crippen molar-refractivity contribution in [3.63, 3.8) is 0 Å². The minimum absolute atomic E-state index is 0.665. The topological polar surface area (TPSA) is 28.7 Å². The Kier molecular flexibility index (Phi) is 4.53. The molecule has 5 aromatic carbocycles. The van der Waals surface area contributed by atoms with E-state index in [4.69, 9.17) is 0 Å². The smallest absolute Gasteiger partial charge is 0.0991 e. The van der Waals surface area contributed by atoms with Crippen LogP contribution in [-0.2, 0) is 0 Å². The van der Waals surface area contributed by atoms with Gasteiger partial charge < -0.3 is 4.57 Å². The molecule has 6 rings (SSSR count). The average Bonchev–Trinajstić information content (AvgIpc) is 3.28. The number of para-hydroxylation sites is 1. The van der Waals surface area contributed by atoms with E-state index in [1.54, 1.807) is 0 Å². The zero-order valence-corrected chi connectivity index (χ0v) is 17.9. The van der Waals surface area contributed by atoms with E-state index in [-0.39, 0.29) is 0 Å². The first-order valence-electron chi connectivity index (χ1n) is 11.0. The zero-order valence-electron chi connectivity index (χ0n) is 17.9. The van der Waals surface area contributed by atoms with Crippen LogP contribution in [-0.4, -0.2) is 4.57 Å². The molecule has 0 saturated carbocycles. The van der Waals surface area contributed by atoms with Crippen LogP contribution in [0.25, 0.3) is 49.7 Å². The zero-order chi connectivity index (χ0) is 22.2. The highest BCUT2D eigenvalue weighted by Gasteiger charge is 2.16. The minimum atomic E-state index is 0.665. The van der Waals surface area contributed by atoms with Gasteiger partial charge in [0.1, 0.15) is 0 Å². The number of hydrogen-bond acceptors (Lipinski definition) is 1. The van der Waals surface area contributed by atoms with E-state index in [9.17, 15) is 5.26 Å². The van der Waals surface area contributed by atoms with Gasteiger partial charge in [-0.15, -0.1) is 0 Å². The molecule has 2 nitrogen and oxygen atoms in total. The summed E-state index contributed by atoms with van der Waals surface area (Å²) < 4.78 is 2.35. The molecular formula is C31H20N2. The number of hydrogen-bond donors (Lipinski definition) is 0. The summed E-state index contributed by atoms with van der Waals surface area (Å²) in [5, 5.41) is 12.8. The average molecular weight is 422 g/mol. The van der Waals surface area contributed by atoms with Crippen molar-refractivity contribution in [2.24, 2.45) is 0 Å². The number of aromatic nitrogens is 1. The van der Waals surface area contributed by atoms with E-state index in [0.717, 1.165) is 22.5 Å². The fourth-order valence-corrected chi connectivity index (χ4v) is 4.61. The van der Waals surface area contributed by atoms with Gasteiger partial charge in [-0.2, -0.15) is 5.26 Å². The van der Waals surface area contributed by atoms with Crippen LogP contribution in [0, 0.1) is 11.3 Å². The molecular weight excluding hydrogens is 401 g/mol. The van der Waals surface area contributed by atoms with E-state index < -0.39 is 0 Å². The van der Waals surface area contributed by atoms with E-state index >= 15 is 0 Å². The Labute approximate surface area is 192 Å². The lowest BCUT2D eigenvalue weighted by Gasteiger charge is -2.16. The number of benzene rings is 5. The van der Waals surface area contributed by atoms with Gasteiger partial charge >= 0.3 is 0 Å². The van der Waals surface area contributed by atoms with Crippen molar-refractivity contribution in [1.29, 1.82) is 5.26 Å². The Hall–Kier alpha value is -4.61. The maximum absolute atomic E-state index is 9.25. The third-order valence-corrected chi connectivity index (χ3v) is 6.21. The molecule has 0 radical (unpaired) electrons. The number of nitriles is 1. The van der Waals surface area contributed by atoms with Crippen molar-refractivity contribution in [2.75, 3.05) is 0 Å². The second-order valence-electron chi connectivity index (χ2n) is 8.20. The second-order valence-corrected chi connectivity index (χ2v) is 8.20. The Bertz CT molecular complexity index is 1650. The maximum Gasteiger partial charge on any atom is 0.0991 e. The summed E-state index contributed by atoms with van der Waals surface area (Å²) in [5.74, 6) is 0. The molecule has 33 heavy (non-hydrogen) atoms.